The van der Waals surface area contributed by atoms with Crippen LogP contribution in [0.2, 0.25) is 0 Å². The van der Waals surface area contributed by atoms with Crippen LogP contribution in [0.25, 0.3) is 0 Å². The minimum absolute atomic E-state index is 0.145. The molecule has 0 saturated carbocycles. The van der Waals surface area contributed by atoms with Crippen LogP contribution in [0.4, 0.5) is 5.95 Å². The predicted molar refractivity (Wildman–Crippen MR) is 95.4 cm³/mol. The van der Waals surface area contributed by atoms with Crippen LogP contribution in [0.3, 0.4) is 0 Å². The Morgan fingerprint density at radius 3 is 2.29 bits per heavy atom. The fourth-order valence-electron chi connectivity index (χ4n) is 1.84. The van der Waals surface area contributed by atoms with Crippen molar-refractivity contribution in [2.75, 3.05) is 26.1 Å². The van der Waals surface area contributed by atoms with E-state index in [4.69, 9.17) is 14.6 Å². The van der Waals surface area contributed by atoms with E-state index in [0.717, 1.165) is 10.9 Å². The van der Waals surface area contributed by atoms with Gasteiger partial charge in [-0.05, 0) is 6.92 Å². The van der Waals surface area contributed by atoms with Gasteiger partial charge in [0.25, 0.3) is 10.0 Å². The second-order valence-electron chi connectivity index (χ2n) is 4.79. The van der Waals surface area contributed by atoms with E-state index in [9.17, 15) is 18.0 Å². The molecule has 154 valence electrons. The lowest BCUT2D eigenvalue weighted by molar-refractivity contribution is -0.105. The summed E-state index contributed by atoms with van der Waals surface area (Å²) in [4.78, 5) is 29.1. The number of primary sulfonamides is 1. The van der Waals surface area contributed by atoms with Gasteiger partial charge in [0.1, 0.15) is 5.56 Å². The molecule has 0 aromatic carbocycles. The van der Waals surface area contributed by atoms with Gasteiger partial charge in [0.2, 0.25) is 24.1 Å². The number of nitrogens with one attached hydrogen (secondary N) is 1. The van der Waals surface area contributed by atoms with Crippen molar-refractivity contribution in [3.63, 3.8) is 0 Å². The molecule has 0 atom stereocenters. The fraction of sp³-hybridized carbons (Fsp3) is 0.357. The molecule has 0 radical (unpaired) electrons. The molecule has 0 bridgehead atoms. The summed E-state index contributed by atoms with van der Waals surface area (Å²) in [6, 6.07) is 1.51. The molecular formula is C14H20N6O7S. The zero-order valence-corrected chi connectivity index (χ0v) is 16.4. The summed E-state index contributed by atoms with van der Waals surface area (Å²) in [7, 11) is 0.322. The zero-order valence-electron chi connectivity index (χ0n) is 15.6. The first-order valence-electron chi connectivity index (χ1n) is 7.57. The molecule has 28 heavy (non-hydrogen) atoms. The van der Waals surface area contributed by atoms with E-state index < -0.39 is 16.0 Å². The molecule has 0 fully saturated rings. The van der Waals surface area contributed by atoms with Crippen LogP contribution in [-0.2, 0) is 26.6 Å². The van der Waals surface area contributed by atoms with Crippen molar-refractivity contribution in [1.29, 1.82) is 0 Å². The number of carbonyl (C=O) groups is 2. The van der Waals surface area contributed by atoms with Gasteiger partial charge in [-0.2, -0.15) is 15.1 Å². The predicted octanol–water partition coefficient (Wildman–Crippen LogP) is -0.694. The minimum atomic E-state index is -3.98. The van der Waals surface area contributed by atoms with E-state index in [1.807, 2.05) is 0 Å². The molecule has 14 heteroatoms. The van der Waals surface area contributed by atoms with Gasteiger partial charge >= 0.3 is 5.97 Å². The van der Waals surface area contributed by atoms with E-state index in [2.05, 4.69) is 25.1 Å². The standard InChI is InChI=1S/C7H11N3O4S.C7H9N3O3/c1-3-14-7(11)5-4-9-10(2)6(5)15(8,12)13;1-12-5-3-6(13-2)10-7(9-5)8-4-11/h4H,3H2,1-2H3,(H2,8,12,13);3-4H,1-2H3,(H,8,9,10,11). The highest BCUT2D eigenvalue weighted by atomic mass is 32.2. The molecule has 2 heterocycles. The van der Waals surface area contributed by atoms with Crippen LogP contribution in [0.5, 0.6) is 11.8 Å². The summed E-state index contributed by atoms with van der Waals surface area (Å²) < 4.78 is 37.7. The zero-order chi connectivity index (χ0) is 21.3. The number of anilines is 1. The number of nitrogens with zero attached hydrogens (tertiary/aromatic N) is 4. The number of methoxy groups -OCH3 is 2. The fourth-order valence-corrected chi connectivity index (χ4v) is 2.70. The van der Waals surface area contributed by atoms with Crippen molar-refractivity contribution in [3.05, 3.63) is 17.8 Å². The van der Waals surface area contributed by atoms with Gasteiger partial charge in [-0.3, -0.25) is 14.8 Å². The van der Waals surface area contributed by atoms with Gasteiger partial charge in [-0.15, -0.1) is 0 Å². The number of carbonyl (C=O) groups excluding carboxylic acids is 2. The molecule has 0 spiro atoms. The summed E-state index contributed by atoms with van der Waals surface area (Å²) in [6.45, 7) is 1.77. The molecule has 13 nitrogen and oxygen atoms in total. The summed E-state index contributed by atoms with van der Waals surface area (Å²) in [5.74, 6) is 0.0493. The molecule has 3 N–H and O–H groups in total. The lowest BCUT2D eigenvalue weighted by atomic mass is 10.4. The first-order valence-corrected chi connectivity index (χ1v) is 9.11. The number of nitrogens with two attached hydrogens (primary N) is 1. The van der Waals surface area contributed by atoms with Crippen molar-refractivity contribution in [1.82, 2.24) is 19.7 Å². The summed E-state index contributed by atoms with van der Waals surface area (Å²) in [6.07, 6.45) is 1.59. The van der Waals surface area contributed by atoms with Gasteiger partial charge < -0.3 is 14.2 Å². The van der Waals surface area contributed by atoms with Crippen LogP contribution >= 0.6 is 0 Å². The number of hydrogen-bond acceptors (Lipinski definition) is 10. The Bertz CT molecular complexity index is 906. The average Bonchev–Trinajstić information content (AvgIpc) is 3.04. The largest absolute Gasteiger partial charge is 0.481 e. The van der Waals surface area contributed by atoms with Crippen molar-refractivity contribution in [2.24, 2.45) is 12.2 Å². The maximum Gasteiger partial charge on any atom is 0.342 e. The number of sulfonamides is 1. The maximum atomic E-state index is 11.3. The van der Waals surface area contributed by atoms with Crippen LogP contribution in [0.15, 0.2) is 17.3 Å². The van der Waals surface area contributed by atoms with Gasteiger partial charge in [0.05, 0.1) is 33.1 Å². The average molecular weight is 416 g/mol. The third kappa shape index (κ3) is 6.17. The summed E-state index contributed by atoms with van der Waals surface area (Å²) >= 11 is 0. The number of aryl methyl sites for hydroxylation is 1. The molecular weight excluding hydrogens is 396 g/mol. The molecule has 0 unspecified atom stereocenters. The van der Waals surface area contributed by atoms with Crippen molar-refractivity contribution >= 4 is 28.4 Å². The Kier molecular flexibility index (Phi) is 8.28. The van der Waals surface area contributed by atoms with Crippen LogP contribution < -0.4 is 19.9 Å². The summed E-state index contributed by atoms with van der Waals surface area (Å²) in [5.41, 5.74) is -0.151. The summed E-state index contributed by atoms with van der Waals surface area (Å²) in [5, 5.41) is 10.5. The highest BCUT2D eigenvalue weighted by molar-refractivity contribution is 7.89. The molecule has 0 aliphatic rings. The van der Waals surface area contributed by atoms with Gasteiger partial charge in [-0.1, -0.05) is 0 Å². The number of hydrogen-bond donors (Lipinski definition) is 2. The molecule has 0 aliphatic heterocycles. The number of ether oxygens (including phenoxy) is 3. The molecule has 0 aliphatic carbocycles. The second-order valence-corrected chi connectivity index (χ2v) is 6.27. The topological polar surface area (TPSA) is 178 Å². The highest BCUT2D eigenvalue weighted by Crippen LogP contribution is 2.16. The maximum absolute atomic E-state index is 11.3. The molecule has 2 aromatic heterocycles. The molecule has 2 aromatic rings. The lowest BCUT2D eigenvalue weighted by Crippen LogP contribution is -2.20. The highest BCUT2D eigenvalue weighted by Gasteiger charge is 2.25. The van der Waals surface area contributed by atoms with Crippen LogP contribution in [-0.4, -0.2) is 61.4 Å². The van der Waals surface area contributed by atoms with E-state index in [0.29, 0.717) is 18.2 Å². The van der Waals surface area contributed by atoms with Gasteiger partial charge in [0, 0.05) is 7.05 Å². The number of esters is 1. The van der Waals surface area contributed by atoms with E-state index in [-0.39, 0.29) is 23.1 Å². The lowest BCUT2D eigenvalue weighted by Gasteiger charge is -2.04. The Morgan fingerprint density at radius 2 is 1.86 bits per heavy atom. The minimum Gasteiger partial charge on any atom is -0.481 e. The molecule has 0 saturated heterocycles. The number of aromatic nitrogens is 4. The number of amides is 1. The monoisotopic (exact) mass is 416 g/mol. The Morgan fingerprint density at radius 1 is 1.29 bits per heavy atom. The van der Waals surface area contributed by atoms with Crippen molar-refractivity contribution < 1.29 is 32.2 Å². The number of rotatable bonds is 7. The molecule has 1 amide bonds. The van der Waals surface area contributed by atoms with Gasteiger partial charge in [0.15, 0.2) is 5.03 Å². The third-order valence-electron chi connectivity index (χ3n) is 2.93. The van der Waals surface area contributed by atoms with E-state index >= 15 is 0 Å². The van der Waals surface area contributed by atoms with Crippen LogP contribution in [0, 0.1) is 0 Å². The van der Waals surface area contributed by atoms with E-state index in [1.165, 1.54) is 27.3 Å². The van der Waals surface area contributed by atoms with Crippen molar-refractivity contribution in [2.45, 2.75) is 11.9 Å². The normalized spacial score (nSPS) is 10.3. The van der Waals surface area contributed by atoms with E-state index in [1.54, 1.807) is 6.92 Å². The first-order chi connectivity index (χ1) is 13.2. The molecule has 2 rings (SSSR count). The smallest absolute Gasteiger partial charge is 0.342 e. The van der Waals surface area contributed by atoms with Gasteiger partial charge in [-0.25, -0.2) is 18.4 Å². The third-order valence-corrected chi connectivity index (χ3v) is 3.96. The first kappa shape index (κ1) is 22.8. The van der Waals surface area contributed by atoms with Crippen LogP contribution in [0.1, 0.15) is 17.3 Å². The SMILES string of the molecule is CCOC(=O)c1cnn(C)c1S(N)(=O)=O.COc1cc(OC)nc(NC=O)n1. The Hall–Kier alpha value is -3.26. The Labute approximate surface area is 160 Å². The second kappa shape index (κ2) is 10.2. The Balaban J connectivity index is 0.000000283. The van der Waals surface area contributed by atoms with Crippen molar-refractivity contribution in [3.8, 4) is 11.8 Å². The quantitative estimate of drug-likeness (QED) is 0.433.